The average Bonchev–Trinajstić information content (AvgIpc) is 2.80. The van der Waals surface area contributed by atoms with E-state index in [0.29, 0.717) is 6.61 Å². The third-order valence-corrected chi connectivity index (χ3v) is 4.11. The first-order valence-electron chi connectivity index (χ1n) is 8.51. The van der Waals surface area contributed by atoms with Crippen LogP contribution in [0.1, 0.15) is 58.3 Å². The molecular weight excluding hydrogens is 311 g/mol. The Morgan fingerprint density at radius 3 is 2.22 bits per heavy atom. The minimum atomic E-state index is -1.52. The third kappa shape index (κ3) is 8.61. The van der Waals surface area contributed by atoms with E-state index in [1.165, 1.54) is 32.1 Å². The Hall–Kier alpha value is 0.760. The number of aliphatic hydroxyl groups excluding tert-OH is 3. The van der Waals surface area contributed by atoms with Crippen molar-refractivity contribution >= 4 is 0 Å². The maximum absolute atomic E-state index is 11.7. The van der Waals surface area contributed by atoms with E-state index in [-0.39, 0.29) is 29.6 Å². The van der Waals surface area contributed by atoms with Gasteiger partial charge in [0.1, 0.15) is 18.3 Å². The number of unbranched alkanes of at least 4 members (excludes halogenated alkanes) is 7. The van der Waals surface area contributed by atoms with Gasteiger partial charge in [-0.25, -0.2) is 0 Å². The molecule has 0 saturated carbocycles. The molecule has 1 heterocycles. The van der Waals surface area contributed by atoms with Crippen molar-refractivity contribution in [3.05, 3.63) is 0 Å². The summed E-state index contributed by atoms with van der Waals surface area (Å²) in [6.07, 6.45) is 3.37. The number of aliphatic hydroxyl groups is 3. The molecule has 0 aromatic heterocycles. The second kappa shape index (κ2) is 14.0. The maximum atomic E-state index is 11.7. The number of rotatable bonds is 12. The quantitative estimate of drug-likeness (QED) is 0.264. The van der Waals surface area contributed by atoms with Gasteiger partial charge in [-0.3, -0.25) is 0 Å². The van der Waals surface area contributed by atoms with Crippen molar-refractivity contribution in [2.45, 2.75) is 89.0 Å². The first-order valence-corrected chi connectivity index (χ1v) is 8.51. The largest absolute Gasteiger partial charge is 1.00 e. The first-order chi connectivity index (χ1) is 10.6. The molecule has 1 saturated heterocycles. The van der Waals surface area contributed by atoms with Crippen molar-refractivity contribution < 1.29 is 59.5 Å². The molecular formula is C16H31NaO6. The van der Waals surface area contributed by atoms with Crippen LogP contribution in [0.4, 0.5) is 0 Å². The molecule has 0 radical (unpaired) electrons. The zero-order valence-corrected chi connectivity index (χ0v) is 16.5. The van der Waals surface area contributed by atoms with Crippen LogP contribution in [0.5, 0.6) is 0 Å². The molecule has 0 bridgehead atoms. The Kier molecular flexibility index (Phi) is 14.4. The molecule has 6 nitrogen and oxygen atoms in total. The van der Waals surface area contributed by atoms with Crippen LogP contribution in [0.15, 0.2) is 0 Å². The van der Waals surface area contributed by atoms with E-state index in [1.807, 2.05) is 0 Å². The summed E-state index contributed by atoms with van der Waals surface area (Å²) in [5.74, 6) is 0. The molecule has 1 fully saturated rings. The number of hydrogen-bond donors (Lipinski definition) is 3. The van der Waals surface area contributed by atoms with Gasteiger partial charge in [-0.15, -0.1) is 0 Å². The molecule has 0 aromatic carbocycles. The summed E-state index contributed by atoms with van der Waals surface area (Å²) < 4.78 is 10.3. The standard InChI is InChI=1S/C16H31O6.Na/c1-2-3-4-5-6-7-8-9-10-21-15-13(19)14(12(18)11-17)22-16(15)20;/h12-19H,2-11H2,1H3;/q-1;+1/t12-,13+,14+,15-,16+;/m1./s1. The molecule has 1 rings (SSSR count). The van der Waals surface area contributed by atoms with Gasteiger partial charge in [0.15, 0.2) is 0 Å². The van der Waals surface area contributed by atoms with E-state index in [1.54, 1.807) is 0 Å². The molecule has 0 aliphatic carbocycles. The van der Waals surface area contributed by atoms with Crippen molar-refractivity contribution in [3.8, 4) is 0 Å². The van der Waals surface area contributed by atoms with Crippen molar-refractivity contribution in [2.24, 2.45) is 0 Å². The second-order valence-electron chi connectivity index (χ2n) is 6.02. The predicted octanol–water partition coefficient (Wildman–Crippen LogP) is -2.68. The van der Waals surface area contributed by atoms with E-state index in [0.717, 1.165) is 19.3 Å². The fourth-order valence-electron chi connectivity index (χ4n) is 2.72. The van der Waals surface area contributed by atoms with Crippen molar-refractivity contribution in [1.82, 2.24) is 0 Å². The van der Waals surface area contributed by atoms with Gasteiger partial charge in [0.05, 0.1) is 12.7 Å². The predicted molar refractivity (Wildman–Crippen MR) is 80.1 cm³/mol. The van der Waals surface area contributed by atoms with Gasteiger partial charge >= 0.3 is 29.6 Å². The van der Waals surface area contributed by atoms with Crippen LogP contribution >= 0.6 is 0 Å². The van der Waals surface area contributed by atoms with E-state index in [2.05, 4.69) is 6.92 Å². The molecule has 0 unspecified atom stereocenters. The van der Waals surface area contributed by atoms with Gasteiger partial charge in [0.2, 0.25) is 0 Å². The van der Waals surface area contributed by atoms with E-state index >= 15 is 0 Å². The average molecular weight is 342 g/mol. The smallest absolute Gasteiger partial charge is 0.829 e. The van der Waals surface area contributed by atoms with Crippen LogP contribution in [0, 0.1) is 0 Å². The van der Waals surface area contributed by atoms with Crippen LogP contribution in [0.2, 0.25) is 0 Å². The Bertz CT molecular complexity index is 281. The monoisotopic (exact) mass is 342 g/mol. The summed E-state index contributed by atoms with van der Waals surface area (Å²) in [6, 6.07) is 0. The van der Waals surface area contributed by atoms with Crippen LogP contribution in [0.25, 0.3) is 0 Å². The minimum absolute atomic E-state index is 0. The second-order valence-corrected chi connectivity index (χ2v) is 6.02. The van der Waals surface area contributed by atoms with E-state index < -0.39 is 37.3 Å². The molecule has 1 aliphatic heterocycles. The van der Waals surface area contributed by atoms with Gasteiger partial charge in [-0.2, -0.15) is 0 Å². The van der Waals surface area contributed by atoms with E-state index in [4.69, 9.17) is 14.6 Å². The Labute approximate surface area is 161 Å². The maximum Gasteiger partial charge on any atom is 1.00 e. The van der Waals surface area contributed by atoms with Crippen molar-refractivity contribution in [1.29, 1.82) is 0 Å². The summed E-state index contributed by atoms with van der Waals surface area (Å²) in [5, 5.41) is 39.9. The van der Waals surface area contributed by atoms with Gasteiger partial charge < -0.3 is 29.9 Å². The molecule has 23 heavy (non-hydrogen) atoms. The molecule has 5 atom stereocenters. The molecule has 132 valence electrons. The van der Waals surface area contributed by atoms with Crippen LogP contribution in [-0.2, 0) is 9.47 Å². The van der Waals surface area contributed by atoms with Crippen LogP contribution in [0.3, 0.4) is 0 Å². The zero-order valence-electron chi connectivity index (χ0n) is 14.5. The number of hydrogen-bond acceptors (Lipinski definition) is 6. The van der Waals surface area contributed by atoms with Gasteiger partial charge in [-0.1, -0.05) is 51.9 Å². The van der Waals surface area contributed by atoms with Gasteiger partial charge in [-0.05, 0) is 6.42 Å². The van der Waals surface area contributed by atoms with Crippen LogP contribution in [-0.4, -0.2) is 59.2 Å². The first kappa shape index (κ1) is 23.8. The summed E-state index contributed by atoms with van der Waals surface area (Å²) in [6.45, 7) is 2.05. The summed E-state index contributed by atoms with van der Waals surface area (Å²) in [4.78, 5) is 0. The third-order valence-electron chi connectivity index (χ3n) is 4.11. The van der Waals surface area contributed by atoms with Gasteiger partial charge in [0.25, 0.3) is 0 Å². The molecule has 0 amide bonds. The fraction of sp³-hybridized carbons (Fsp3) is 1.00. The summed E-state index contributed by atoms with van der Waals surface area (Å²) >= 11 is 0. The van der Waals surface area contributed by atoms with Crippen molar-refractivity contribution in [2.75, 3.05) is 13.2 Å². The number of ether oxygens (including phenoxy) is 2. The topological polar surface area (TPSA) is 102 Å². The normalized spacial score (nSPS) is 28.6. The Morgan fingerprint density at radius 2 is 1.65 bits per heavy atom. The SMILES string of the molecule is CCCCCCCCCCO[C@@H]1[C@@H](O)[C@H]([C@H](O)CO)O[C@@H]1[O-].[Na+]. The van der Waals surface area contributed by atoms with Crippen molar-refractivity contribution in [3.63, 3.8) is 0 Å². The molecule has 7 heteroatoms. The zero-order chi connectivity index (χ0) is 16.4. The van der Waals surface area contributed by atoms with E-state index in [9.17, 15) is 15.3 Å². The molecule has 0 spiro atoms. The Balaban J connectivity index is 0.00000484. The summed E-state index contributed by atoms with van der Waals surface area (Å²) in [5.41, 5.74) is 0. The fourth-order valence-corrected chi connectivity index (χ4v) is 2.72. The minimum Gasteiger partial charge on any atom is -0.829 e. The summed E-state index contributed by atoms with van der Waals surface area (Å²) in [7, 11) is 0. The Morgan fingerprint density at radius 1 is 1.09 bits per heavy atom. The molecule has 1 aliphatic rings. The molecule has 3 N–H and O–H groups in total. The van der Waals surface area contributed by atoms with Gasteiger partial charge in [0, 0.05) is 12.9 Å². The van der Waals surface area contributed by atoms with Crippen LogP contribution < -0.4 is 34.7 Å². The molecule has 0 aromatic rings.